The second-order valence-corrected chi connectivity index (χ2v) is 10.3. The number of hydrogen-bond acceptors (Lipinski definition) is 4. The second-order valence-electron chi connectivity index (χ2n) is 10.3. The number of halogens is 6. The summed E-state index contributed by atoms with van der Waals surface area (Å²) in [5, 5.41) is 8.78. The summed E-state index contributed by atoms with van der Waals surface area (Å²) < 4.78 is 92.7. The maximum atomic E-state index is 15.2. The van der Waals surface area contributed by atoms with E-state index in [1.807, 2.05) is 12.4 Å². The first-order valence-electron chi connectivity index (χ1n) is 14.1. The lowest BCUT2D eigenvalue weighted by molar-refractivity contribution is -0.189. The third-order valence-electron chi connectivity index (χ3n) is 7.17. The fourth-order valence-electron chi connectivity index (χ4n) is 4.81. The van der Waals surface area contributed by atoms with Gasteiger partial charge in [0.05, 0.1) is 5.56 Å². The quantitative estimate of drug-likeness (QED) is 0.116. The van der Waals surface area contributed by atoms with E-state index < -0.39 is 46.3 Å². The van der Waals surface area contributed by atoms with Crippen LogP contribution in [0.5, 0.6) is 5.75 Å². The third kappa shape index (κ3) is 6.99. The topological polar surface area (TPSA) is 58.8 Å². The molecular formula is C35H25F6N3O. The first kappa shape index (κ1) is 31.3. The summed E-state index contributed by atoms with van der Waals surface area (Å²) in [5.74, 6) is -5.57. The molecule has 1 heterocycles. The molecule has 228 valence electrons. The maximum absolute atomic E-state index is 15.2. The number of aryl methyl sites for hydroxylation is 1. The van der Waals surface area contributed by atoms with Crippen molar-refractivity contribution in [1.82, 2.24) is 9.97 Å². The van der Waals surface area contributed by atoms with Gasteiger partial charge in [0, 0.05) is 29.6 Å². The normalized spacial score (nSPS) is 11.3. The van der Waals surface area contributed by atoms with Gasteiger partial charge in [-0.15, -0.1) is 0 Å². The van der Waals surface area contributed by atoms with Gasteiger partial charge < -0.3 is 4.74 Å². The smallest absolute Gasteiger partial charge is 0.429 e. The van der Waals surface area contributed by atoms with Gasteiger partial charge in [-0.3, -0.25) is 0 Å². The Morgan fingerprint density at radius 1 is 0.711 bits per heavy atom. The highest BCUT2D eigenvalue weighted by atomic mass is 19.3. The number of alkyl halides is 2. The molecule has 0 saturated carbocycles. The molecule has 0 amide bonds. The highest BCUT2D eigenvalue weighted by molar-refractivity contribution is 5.73. The minimum atomic E-state index is -4.55. The monoisotopic (exact) mass is 617 g/mol. The van der Waals surface area contributed by atoms with Crippen molar-refractivity contribution in [2.24, 2.45) is 0 Å². The zero-order valence-electron chi connectivity index (χ0n) is 23.9. The van der Waals surface area contributed by atoms with Crippen molar-refractivity contribution in [3.63, 3.8) is 0 Å². The molecule has 0 fully saturated rings. The number of hydrogen-bond donors (Lipinski definition) is 0. The van der Waals surface area contributed by atoms with E-state index in [4.69, 9.17) is 5.26 Å². The Morgan fingerprint density at radius 3 is 1.93 bits per heavy atom. The van der Waals surface area contributed by atoms with Gasteiger partial charge in [0.2, 0.25) is 0 Å². The van der Waals surface area contributed by atoms with E-state index in [0.717, 1.165) is 48.9 Å². The van der Waals surface area contributed by atoms with Crippen LogP contribution in [0.25, 0.3) is 33.6 Å². The molecule has 0 unspecified atom stereocenters. The number of aromatic nitrogens is 2. The van der Waals surface area contributed by atoms with Gasteiger partial charge in [-0.05, 0) is 65.4 Å². The predicted molar refractivity (Wildman–Crippen MR) is 157 cm³/mol. The average molecular weight is 618 g/mol. The lowest BCUT2D eigenvalue weighted by Crippen LogP contribution is -2.25. The van der Waals surface area contributed by atoms with Crippen LogP contribution in [-0.2, 0) is 12.5 Å². The van der Waals surface area contributed by atoms with Crippen LogP contribution >= 0.6 is 0 Å². The summed E-state index contributed by atoms with van der Waals surface area (Å²) in [6.07, 6.45) is 3.34. The lowest BCUT2D eigenvalue weighted by Gasteiger charge is -2.20. The van der Waals surface area contributed by atoms with Crippen LogP contribution < -0.4 is 4.74 Å². The molecule has 0 bridgehead atoms. The van der Waals surface area contributed by atoms with Crippen molar-refractivity contribution in [3.05, 3.63) is 125 Å². The van der Waals surface area contributed by atoms with Crippen molar-refractivity contribution >= 4 is 0 Å². The lowest BCUT2D eigenvalue weighted by atomic mass is 9.97. The van der Waals surface area contributed by atoms with Gasteiger partial charge >= 0.3 is 6.11 Å². The zero-order chi connectivity index (χ0) is 32.1. The van der Waals surface area contributed by atoms with Crippen molar-refractivity contribution in [2.75, 3.05) is 0 Å². The molecule has 0 N–H and O–H groups in total. The highest BCUT2D eigenvalue weighted by Crippen LogP contribution is 2.38. The SMILES string of the molecule is CCCCCc1cnc(-c2ccc(-c3ccc(-c4cc(F)c(C(F)(F)Oc5ccc(C#N)c(F)c5)c(F)c4)c(F)c3)cc2)nc1. The van der Waals surface area contributed by atoms with Gasteiger partial charge in [-0.1, -0.05) is 56.2 Å². The Bertz CT molecular complexity index is 1850. The van der Waals surface area contributed by atoms with Crippen LogP contribution in [0.15, 0.2) is 85.2 Å². The highest BCUT2D eigenvalue weighted by Gasteiger charge is 2.41. The number of rotatable bonds is 10. The van der Waals surface area contributed by atoms with E-state index in [9.17, 15) is 22.0 Å². The Balaban J connectivity index is 1.34. The molecular weight excluding hydrogens is 592 g/mol. The standard InChI is InChI=1S/C35H25F6N3O/c1-2-3-4-5-21-19-43-34(44-20-21)23-8-6-22(7-9-23)24-11-13-28(30(37)14-24)26-15-31(38)33(32(39)16-26)35(40,41)45-27-12-10-25(18-42)29(36)17-27/h6-17,19-20H,2-5H2,1H3. The molecule has 0 spiro atoms. The predicted octanol–water partition coefficient (Wildman–Crippen LogP) is 9.77. The van der Waals surface area contributed by atoms with E-state index in [0.29, 0.717) is 35.2 Å². The van der Waals surface area contributed by atoms with Gasteiger partial charge in [-0.25, -0.2) is 27.5 Å². The summed E-state index contributed by atoms with van der Waals surface area (Å²) in [6, 6.07) is 16.0. The molecule has 0 saturated heterocycles. The van der Waals surface area contributed by atoms with Crippen molar-refractivity contribution in [2.45, 2.75) is 38.7 Å². The Kier molecular flexibility index (Phi) is 9.18. The number of nitrogens with zero attached hydrogens (tertiary/aromatic N) is 3. The Labute approximate surface area is 255 Å². The molecule has 5 aromatic rings. The molecule has 45 heavy (non-hydrogen) atoms. The summed E-state index contributed by atoms with van der Waals surface area (Å²) in [7, 11) is 0. The first-order chi connectivity index (χ1) is 21.6. The molecule has 4 nitrogen and oxygen atoms in total. The zero-order valence-corrected chi connectivity index (χ0v) is 23.9. The number of nitriles is 1. The summed E-state index contributed by atoms with van der Waals surface area (Å²) in [5.41, 5.74) is 0.275. The molecule has 0 radical (unpaired) electrons. The maximum Gasteiger partial charge on any atom is 0.432 e. The molecule has 0 aliphatic carbocycles. The molecule has 0 aliphatic heterocycles. The minimum Gasteiger partial charge on any atom is -0.429 e. The minimum absolute atomic E-state index is 0.217. The first-order valence-corrected chi connectivity index (χ1v) is 14.1. The summed E-state index contributed by atoms with van der Waals surface area (Å²) in [4.78, 5) is 8.89. The largest absolute Gasteiger partial charge is 0.432 e. The van der Waals surface area contributed by atoms with Crippen molar-refractivity contribution in [1.29, 1.82) is 5.26 Å². The molecule has 10 heteroatoms. The van der Waals surface area contributed by atoms with Crippen LogP contribution in [-0.4, -0.2) is 9.97 Å². The Hall–Kier alpha value is -5.17. The molecule has 5 rings (SSSR count). The summed E-state index contributed by atoms with van der Waals surface area (Å²) in [6.45, 7) is 2.14. The van der Waals surface area contributed by atoms with Gasteiger partial charge in [-0.2, -0.15) is 14.0 Å². The van der Waals surface area contributed by atoms with E-state index >= 15 is 4.39 Å². The molecule has 0 atom stereocenters. The van der Waals surface area contributed by atoms with Crippen LogP contribution in [0.3, 0.4) is 0 Å². The average Bonchev–Trinajstić information content (AvgIpc) is 3.01. The van der Waals surface area contributed by atoms with E-state index in [1.54, 1.807) is 24.3 Å². The van der Waals surface area contributed by atoms with Gasteiger partial charge in [0.1, 0.15) is 40.7 Å². The fraction of sp³-hybridized carbons (Fsp3) is 0.171. The van der Waals surface area contributed by atoms with Gasteiger partial charge in [0.25, 0.3) is 0 Å². The van der Waals surface area contributed by atoms with Crippen LogP contribution in [0.1, 0.15) is 42.9 Å². The van der Waals surface area contributed by atoms with E-state index in [2.05, 4.69) is 21.6 Å². The molecule has 4 aromatic carbocycles. The van der Waals surface area contributed by atoms with Crippen molar-refractivity contribution in [3.8, 4) is 45.5 Å². The van der Waals surface area contributed by atoms with Crippen molar-refractivity contribution < 1.29 is 31.1 Å². The van der Waals surface area contributed by atoms with E-state index in [1.165, 1.54) is 24.3 Å². The van der Waals surface area contributed by atoms with Crippen LogP contribution in [0, 0.1) is 34.6 Å². The number of benzene rings is 4. The number of ether oxygens (including phenoxy) is 1. The van der Waals surface area contributed by atoms with Crippen LogP contribution in [0.4, 0.5) is 26.3 Å². The Morgan fingerprint density at radius 2 is 1.33 bits per heavy atom. The summed E-state index contributed by atoms with van der Waals surface area (Å²) >= 11 is 0. The molecule has 0 aliphatic rings. The molecule has 1 aromatic heterocycles. The van der Waals surface area contributed by atoms with Crippen LogP contribution in [0.2, 0.25) is 0 Å². The van der Waals surface area contributed by atoms with E-state index in [-0.39, 0.29) is 11.1 Å². The number of unbranched alkanes of at least 4 members (excludes halogenated alkanes) is 2. The second kappa shape index (κ2) is 13.2. The third-order valence-corrected chi connectivity index (χ3v) is 7.17. The van der Waals surface area contributed by atoms with Gasteiger partial charge in [0.15, 0.2) is 5.82 Å². The fourth-order valence-corrected chi connectivity index (χ4v) is 4.81.